The number of amides is 1. The molecule has 1 aliphatic carbocycles. The van der Waals surface area contributed by atoms with Gasteiger partial charge >= 0.3 is 0 Å². The third kappa shape index (κ3) is 5.09. The van der Waals surface area contributed by atoms with Crippen LogP contribution in [0, 0.1) is 0 Å². The van der Waals surface area contributed by atoms with Gasteiger partial charge in [0.2, 0.25) is 5.82 Å². The Bertz CT molecular complexity index is 440. The predicted molar refractivity (Wildman–Crippen MR) is 78.9 cm³/mol. The molecule has 0 radical (unpaired) electrons. The number of carbonyl (C=O) groups excluding carboxylic acids is 1. The summed E-state index contributed by atoms with van der Waals surface area (Å²) >= 11 is 0. The smallest absolute Gasteiger partial charge is 0.290 e. The zero-order valence-corrected chi connectivity index (χ0v) is 12.6. The molecule has 0 saturated heterocycles. The highest BCUT2D eigenvalue weighted by Gasteiger charge is 2.18. The van der Waals surface area contributed by atoms with Crippen LogP contribution in [0.4, 0.5) is 0 Å². The molecule has 0 aromatic carbocycles. The van der Waals surface area contributed by atoms with Gasteiger partial charge in [0.15, 0.2) is 0 Å². The van der Waals surface area contributed by atoms with Gasteiger partial charge in [0, 0.05) is 25.6 Å². The van der Waals surface area contributed by atoms with E-state index in [0.717, 1.165) is 44.3 Å². The second-order valence-electron chi connectivity index (χ2n) is 5.48. The number of nitrogens with two attached hydrogens (primary N) is 1. The number of ether oxygens (including phenoxy) is 1. The summed E-state index contributed by atoms with van der Waals surface area (Å²) in [6.45, 7) is 3.19. The van der Waals surface area contributed by atoms with Crippen LogP contribution in [-0.2, 0) is 11.2 Å². The Morgan fingerprint density at radius 1 is 1.43 bits per heavy atom. The van der Waals surface area contributed by atoms with Gasteiger partial charge in [-0.3, -0.25) is 9.89 Å². The molecule has 1 heterocycles. The fraction of sp³-hybridized carbons (Fsp3) is 0.786. The molecule has 21 heavy (non-hydrogen) atoms. The minimum absolute atomic E-state index is 0.203. The van der Waals surface area contributed by atoms with Crippen LogP contribution in [0.5, 0.6) is 0 Å². The average molecular weight is 295 g/mol. The molecule has 7 heteroatoms. The molecule has 4 N–H and O–H groups in total. The largest absolute Gasteiger partial charge is 0.378 e. The lowest BCUT2D eigenvalue weighted by Gasteiger charge is -2.26. The number of rotatable bonds is 7. The molecule has 0 bridgehead atoms. The van der Waals surface area contributed by atoms with E-state index in [9.17, 15) is 4.79 Å². The van der Waals surface area contributed by atoms with Crippen LogP contribution in [0.3, 0.4) is 0 Å². The van der Waals surface area contributed by atoms with E-state index in [1.54, 1.807) is 0 Å². The van der Waals surface area contributed by atoms with E-state index in [4.69, 9.17) is 10.5 Å². The van der Waals surface area contributed by atoms with Gasteiger partial charge in [-0.15, -0.1) is 5.10 Å². The minimum Gasteiger partial charge on any atom is -0.378 e. The Hall–Kier alpha value is -1.47. The first-order valence-corrected chi connectivity index (χ1v) is 7.75. The van der Waals surface area contributed by atoms with Gasteiger partial charge in [0.25, 0.3) is 5.91 Å². The third-order valence-electron chi connectivity index (χ3n) is 3.75. The molecular weight excluding hydrogens is 270 g/mol. The van der Waals surface area contributed by atoms with Crippen molar-refractivity contribution in [3.8, 4) is 0 Å². The van der Waals surface area contributed by atoms with Crippen LogP contribution in [0.2, 0.25) is 0 Å². The number of aryl methyl sites for hydroxylation is 1. The third-order valence-corrected chi connectivity index (χ3v) is 3.75. The molecule has 7 nitrogen and oxygen atoms in total. The van der Waals surface area contributed by atoms with Gasteiger partial charge in [-0.25, -0.2) is 4.98 Å². The maximum absolute atomic E-state index is 11.8. The molecule has 1 saturated carbocycles. The van der Waals surface area contributed by atoms with Crippen molar-refractivity contribution in [1.29, 1.82) is 0 Å². The molecule has 1 amide bonds. The maximum atomic E-state index is 11.8. The first-order chi connectivity index (χ1) is 10.2. The topological polar surface area (TPSA) is 106 Å². The van der Waals surface area contributed by atoms with E-state index in [-0.39, 0.29) is 11.7 Å². The van der Waals surface area contributed by atoms with E-state index in [1.807, 2.05) is 6.92 Å². The van der Waals surface area contributed by atoms with Crippen molar-refractivity contribution < 1.29 is 9.53 Å². The van der Waals surface area contributed by atoms with Crippen LogP contribution in [-0.4, -0.2) is 46.4 Å². The highest BCUT2D eigenvalue weighted by atomic mass is 16.5. The molecule has 1 aliphatic rings. The van der Waals surface area contributed by atoms with E-state index < -0.39 is 0 Å². The second kappa shape index (κ2) is 8.09. The molecular formula is C14H25N5O2. The Labute approximate surface area is 125 Å². The van der Waals surface area contributed by atoms with Crippen molar-refractivity contribution in [1.82, 2.24) is 20.5 Å². The summed E-state index contributed by atoms with van der Waals surface area (Å²) in [5.74, 6) is 0.683. The zero-order valence-electron chi connectivity index (χ0n) is 12.6. The summed E-state index contributed by atoms with van der Waals surface area (Å²) in [6, 6.07) is 0.346. The summed E-state index contributed by atoms with van der Waals surface area (Å²) in [4.78, 5) is 15.9. The van der Waals surface area contributed by atoms with Crippen LogP contribution in [0.25, 0.3) is 0 Å². The lowest BCUT2D eigenvalue weighted by molar-refractivity contribution is 0.0241. The van der Waals surface area contributed by atoms with Gasteiger partial charge < -0.3 is 15.8 Å². The quantitative estimate of drug-likeness (QED) is 0.644. The number of aromatic nitrogens is 3. The van der Waals surface area contributed by atoms with Crippen molar-refractivity contribution in [2.75, 3.05) is 13.2 Å². The molecule has 118 valence electrons. The van der Waals surface area contributed by atoms with Crippen LogP contribution < -0.4 is 11.1 Å². The number of hydrogen-bond donors (Lipinski definition) is 3. The Balaban J connectivity index is 1.56. The van der Waals surface area contributed by atoms with Crippen LogP contribution in [0.1, 0.15) is 55.5 Å². The van der Waals surface area contributed by atoms with E-state index in [2.05, 4.69) is 20.5 Å². The monoisotopic (exact) mass is 295 g/mol. The van der Waals surface area contributed by atoms with Crippen molar-refractivity contribution in [3.63, 3.8) is 0 Å². The second-order valence-corrected chi connectivity index (χ2v) is 5.48. The minimum atomic E-state index is -0.241. The van der Waals surface area contributed by atoms with Crippen molar-refractivity contribution in [2.24, 2.45) is 5.73 Å². The molecule has 1 fully saturated rings. The lowest BCUT2D eigenvalue weighted by atomic mass is 9.94. The van der Waals surface area contributed by atoms with Crippen molar-refractivity contribution in [3.05, 3.63) is 11.6 Å². The average Bonchev–Trinajstić information content (AvgIpc) is 2.98. The molecule has 1 aromatic heterocycles. The van der Waals surface area contributed by atoms with Crippen LogP contribution >= 0.6 is 0 Å². The fourth-order valence-electron chi connectivity index (χ4n) is 2.41. The first-order valence-electron chi connectivity index (χ1n) is 7.75. The van der Waals surface area contributed by atoms with Crippen LogP contribution in [0.15, 0.2) is 0 Å². The van der Waals surface area contributed by atoms with Crippen molar-refractivity contribution >= 4 is 5.91 Å². The Kier molecular flexibility index (Phi) is 6.13. The molecule has 0 atom stereocenters. The van der Waals surface area contributed by atoms with E-state index in [1.165, 1.54) is 0 Å². The normalized spacial score (nSPS) is 22.2. The highest BCUT2D eigenvalue weighted by molar-refractivity contribution is 5.90. The first kappa shape index (κ1) is 15.9. The molecule has 0 aliphatic heterocycles. The predicted octanol–water partition coefficient (Wildman–Crippen LogP) is 0.774. The Morgan fingerprint density at radius 3 is 2.86 bits per heavy atom. The summed E-state index contributed by atoms with van der Waals surface area (Å²) in [5, 5.41) is 9.40. The number of H-pyrrole nitrogens is 1. The highest BCUT2D eigenvalue weighted by Crippen LogP contribution is 2.19. The van der Waals surface area contributed by atoms with Gasteiger partial charge in [-0.2, -0.15) is 0 Å². The Morgan fingerprint density at radius 2 is 2.19 bits per heavy atom. The lowest BCUT2D eigenvalue weighted by Crippen LogP contribution is -2.31. The summed E-state index contributed by atoms with van der Waals surface area (Å²) in [5.41, 5.74) is 5.86. The number of carbonyl (C=O) groups is 1. The molecule has 0 spiro atoms. The number of hydrogen-bond acceptors (Lipinski definition) is 5. The van der Waals surface area contributed by atoms with Crippen molar-refractivity contribution in [2.45, 2.75) is 57.6 Å². The van der Waals surface area contributed by atoms with E-state index >= 15 is 0 Å². The molecule has 0 unspecified atom stereocenters. The standard InChI is InChI=1S/C14H25N5O2/c1-2-12-17-13(19-18-12)14(20)16-8-3-9-21-11-6-4-10(15)5-7-11/h10-11H,2-9,15H2,1H3,(H,16,20)(H,17,18,19). The zero-order chi connectivity index (χ0) is 15.1. The fourth-order valence-corrected chi connectivity index (χ4v) is 2.41. The summed E-state index contributed by atoms with van der Waals surface area (Å²) in [6.07, 6.45) is 6.05. The van der Waals surface area contributed by atoms with Gasteiger partial charge in [0.05, 0.1) is 6.10 Å². The number of aromatic amines is 1. The summed E-state index contributed by atoms with van der Waals surface area (Å²) in [7, 11) is 0. The number of nitrogens with one attached hydrogen (secondary N) is 2. The number of nitrogens with zero attached hydrogens (tertiary/aromatic N) is 2. The van der Waals surface area contributed by atoms with Gasteiger partial charge in [0.1, 0.15) is 5.82 Å². The molecule has 2 rings (SSSR count). The molecule has 1 aromatic rings. The van der Waals surface area contributed by atoms with Gasteiger partial charge in [-0.1, -0.05) is 6.92 Å². The SMILES string of the molecule is CCc1nc(C(=O)NCCCOC2CCC(N)CC2)n[nH]1. The summed E-state index contributed by atoms with van der Waals surface area (Å²) < 4.78 is 5.80. The van der Waals surface area contributed by atoms with Gasteiger partial charge in [-0.05, 0) is 32.1 Å². The van der Waals surface area contributed by atoms with E-state index in [0.29, 0.717) is 25.3 Å². The maximum Gasteiger partial charge on any atom is 0.290 e.